The number of carbonyl (C=O) groups excluding carboxylic acids is 1. The molecule has 0 radical (unpaired) electrons. The highest BCUT2D eigenvalue weighted by atomic mass is 35.5. The normalized spacial score (nSPS) is 19.2. The standard InChI is InChI=1S/C21H29N5O2.ClH/c27-20(8-3-7-19-24-21(25-28-19)16-9-10-16)26(15-17-5-1-2-13-23-17)18-6-4-12-22-14-11-18;/h1-2,5,13,16,18,22H,3-4,6-12,14-15H2;1H. The van der Waals surface area contributed by atoms with Crippen molar-refractivity contribution in [3.8, 4) is 0 Å². The van der Waals surface area contributed by atoms with E-state index in [0.29, 0.717) is 31.2 Å². The highest BCUT2D eigenvalue weighted by Gasteiger charge is 2.29. The molecule has 4 rings (SSSR count). The molecule has 2 aliphatic rings. The van der Waals surface area contributed by atoms with E-state index in [1.165, 1.54) is 0 Å². The summed E-state index contributed by atoms with van der Waals surface area (Å²) < 4.78 is 5.33. The van der Waals surface area contributed by atoms with Crippen LogP contribution in [0, 0.1) is 0 Å². The van der Waals surface area contributed by atoms with E-state index in [0.717, 1.165) is 63.1 Å². The van der Waals surface area contributed by atoms with Crippen molar-refractivity contribution in [3.63, 3.8) is 0 Å². The molecule has 1 amide bonds. The molecule has 1 atom stereocenters. The Bertz CT molecular complexity index is 757. The van der Waals surface area contributed by atoms with Crippen LogP contribution >= 0.6 is 12.4 Å². The summed E-state index contributed by atoms with van der Waals surface area (Å²) in [5, 5.41) is 7.49. The van der Waals surface area contributed by atoms with Crippen molar-refractivity contribution < 1.29 is 9.32 Å². The van der Waals surface area contributed by atoms with Crippen molar-refractivity contribution >= 4 is 18.3 Å². The van der Waals surface area contributed by atoms with Crippen LogP contribution in [-0.2, 0) is 17.8 Å². The van der Waals surface area contributed by atoms with Gasteiger partial charge >= 0.3 is 0 Å². The minimum Gasteiger partial charge on any atom is -0.339 e. The molecule has 2 fully saturated rings. The van der Waals surface area contributed by atoms with Crippen LogP contribution in [0.4, 0.5) is 0 Å². The molecule has 158 valence electrons. The largest absolute Gasteiger partial charge is 0.339 e. The Hall–Kier alpha value is -1.99. The smallest absolute Gasteiger partial charge is 0.226 e. The number of amides is 1. The fourth-order valence-electron chi connectivity index (χ4n) is 3.81. The van der Waals surface area contributed by atoms with Crippen molar-refractivity contribution in [2.45, 2.75) is 69.9 Å². The van der Waals surface area contributed by atoms with Gasteiger partial charge in [-0.2, -0.15) is 4.98 Å². The second-order valence-corrected chi connectivity index (χ2v) is 7.85. The molecule has 3 heterocycles. The third-order valence-corrected chi connectivity index (χ3v) is 5.57. The van der Waals surface area contributed by atoms with Crippen molar-refractivity contribution in [2.75, 3.05) is 13.1 Å². The molecule has 1 unspecified atom stereocenters. The maximum atomic E-state index is 13.1. The fourth-order valence-corrected chi connectivity index (χ4v) is 3.81. The Morgan fingerprint density at radius 1 is 1.21 bits per heavy atom. The summed E-state index contributed by atoms with van der Waals surface area (Å²) in [6, 6.07) is 6.15. The van der Waals surface area contributed by atoms with E-state index in [1.807, 2.05) is 23.1 Å². The minimum absolute atomic E-state index is 0. The lowest BCUT2D eigenvalue weighted by Gasteiger charge is -2.31. The summed E-state index contributed by atoms with van der Waals surface area (Å²) in [6.45, 7) is 2.57. The van der Waals surface area contributed by atoms with E-state index in [2.05, 4.69) is 20.4 Å². The topological polar surface area (TPSA) is 84.2 Å². The van der Waals surface area contributed by atoms with Crippen LogP contribution < -0.4 is 5.32 Å². The van der Waals surface area contributed by atoms with Gasteiger partial charge in [0, 0.05) is 31.0 Å². The second-order valence-electron chi connectivity index (χ2n) is 7.85. The number of hydrogen-bond donors (Lipinski definition) is 1. The molecule has 1 aliphatic carbocycles. The lowest BCUT2D eigenvalue weighted by Crippen LogP contribution is -2.40. The van der Waals surface area contributed by atoms with E-state index in [4.69, 9.17) is 4.52 Å². The molecule has 2 aromatic rings. The number of nitrogens with zero attached hydrogens (tertiary/aromatic N) is 4. The number of carbonyl (C=O) groups is 1. The number of rotatable bonds is 8. The lowest BCUT2D eigenvalue weighted by molar-refractivity contribution is -0.134. The van der Waals surface area contributed by atoms with Crippen molar-refractivity contribution in [1.82, 2.24) is 25.3 Å². The maximum absolute atomic E-state index is 13.1. The summed E-state index contributed by atoms with van der Waals surface area (Å²) in [7, 11) is 0. The van der Waals surface area contributed by atoms with Crippen molar-refractivity contribution in [1.29, 1.82) is 0 Å². The summed E-state index contributed by atoms with van der Waals surface area (Å²) in [6.07, 6.45) is 9.14. The van der Waals surface area contributed by atoms with Crippen LogP contribution in [0.15, 0.2) is 28.9 Å². The number of aryl methyl sites for hydroxylation is 1. The van der Waals surface area contributed by atoms with Crippen LogP contribution in [-0.4, -0.2) is 45.1 Å². The number of nitrogens with one attached hydrogen (secondary N) is 1. The summed E-state index contributed by atoms with van der Waals surface area (Å²) in [5.74, 6) is 2.19. The molecule has 1 aliphatic heterocycles. The first-order valence-electron chi connectivity index (χ1n) is 10.5. The lowest BCUT2D eigenvalue weighted by atomic mass is 10.1. The van der Waals surface area contributed by atoms with Crippen LogP contribution in [0.2, 0.25) is 0 Å². The number of pyridine rings is 1. The monoisotopic (exact) mass is 419 g/mol. The Balaban J connectivity index is 0.00000240. The average Bonchev–Trinajstić information content (AvgIpc) is 3.51. The molecule has 1 N–H and O–H groups in total. The first-order valence-corrected chi connectivity index (χ1v) is 10.5. The zero-order valence-corrected chi connectivity index (χ0v) is 17.6. The molecule has 1 saturated carbocycles. The third-order valence-electron chi connectivity index (χ3n) is 5.57. The molecular weight excluding hydrogens is 390 g/mol. The Kier molecular flexibility index (Phi) is 8.00. The predicted octanol–water partition coefficient (Wildman–Crippen LogP) is 3.26. The highest BCUT2D eigenvalue weighted by Crippen LogP contribution is 2.38. The summed E-state index contributed by atoms with van der Waals surface area (Å²) >= 11 is 0. The molecule has 0 spiro atoms. The molecule has 0 aromatic carbocycles. The Morgan fingerprint density at radius 3 is 2.90 bits per heavy atom. The van der Waals surface area contributed by atoms with Gasteiger partial charge in [-0.25, -0.2) is 0 Å². The van der Waals surface area contributed by atoms with Crippen LogP contribution in [0.25, 0.3) is 0 Å². The molecule has 8 heteroatoms. The molecule has 7 nitrogen and oxygen atoms in total. The Labute approximate surface area is 178 Å². The Morgan fingerprint density at radius 2 is 2.10 bits per heavy atom. The SMILES string of the molecule is Cl.O=C(CCCc1nc(C2CC2)no1)N(Cc1ccccn1)C1CCCNCC1. The third kappa shape index (κ3) is 6.24. The van der Waals surface area contributed by atoms with E-state index >= 15 is 0 Å². The van der Waals surface area contributed by atoms with Crippen LogP contribution in [0.1, 0.15) is 68.3 Å². The van der Waals surface area contributed by atoms with Gasteiger partial charge in [-0.05, 0) is 63.7 Å². The quantitative estimate of drug-likeness (QED) is 0.706. The first kappa shape index (κ1) is 21.7. The van der Waals surface area contributed by atoms with Gasteiger partial charge in [-0.15, -0.1) is 12.4 Å². The van der Waals surface area contributed by atoms with Gasteiger partial charge in [0.2, 0.25) is 11.8 Å². The molecular formula is C21H30ClN5O2. The average molecular weight is 420 g/mol. The molecule has 1 saturated heterocycles. The van der Waals surface area contributed by atoms with Crippen LogP contribution in [0.3, 0.4) is 0 Å². The van der Waals surface area contributed by atoms with Crippen LogP contribution in [0.5, 0.6) is 0 Å². The predicted molar refractivity (Wildman–Crippen MR) is 112 cm³/mol. The summed E-state index contributed by atoms with van der Waals surface area (Å²) in [4.78, 5) is 24.0. The zero-order valence-electron chi connectivity index (χ0n) is 16.8. The van der Waals surface area contributed by atoms with Gasteiger partial charge in [0.1, 0.15) is 0 Å². The second kappa shape index (κ2) is 10.7. The van der Waals surface area contributed by atoms with E-state index in [-0.39, 0.29) is 24.4 Å². The number of aromatic nitrogens is 3. The number of hydrogen-bond acceptors (Lipinski definition) is 6. The van der Waals surface area contributed by atoms with Crippen molar-refractivity contribution in [2.24, 2.45) is 0 Å². The zero-order chi connectivity index (χ0) is 19.2. The molecule has 2 aromatic heterocycles. The maximum Gasteiger partial charge on any atom is 0.226 e. The minimum atomic E-state index is 0. The van der Waals surface area contributed by atoms with E-state index in [1.54, 1.807) is 6.20 Å². The van der Waals surface area contributed by atoms with Gasteiger partial charge in [0.05, 0.1) is 12.2 Å². The van der Waals surface area contributed by atoms with Gasteiger partial charge in [-0.1, -0.05) is 11.2 Å². The van der Waals surface area contributed by atoms with E-state index < -0.39 is 0 Å². The summed E-state index contributed by atoms with van der Waals surface area (Å²) in [5.41, 5.74) is 0.944. The highest BCUT2D eigenvalue weighted by molar-refractivity contribution is 5.85. The van der Waals surface area contributed by atoms with Crippen molar-refractivity contribution in [3.05, 3.63) is 41.8 Å². The first-order chi connectivity index (χ1) is 13.8. The van der Waals surface area contributed by atoms with Gasteiger partial charge in [0.25, 0.3) is 0 Å². The van der Waals surface area contributed by atoms with Gasteiger partial charge in [-0.3, -0.25) is 9.78 Å². The number of halogens is 1. The fraction of sp³-hybridized carbons (Fsp3) is 0.619. The van der Waals surface area contributed by atoms with E-state index in [9.17, 15) is 4.79 Å². The molecule has 29 heavy (non-hydrogen) atoms. The van der Waals surface area contributed by atoms with Gasteiger partial charge < -0.3 is 14.7 Å². The van der Waals surface area contributed by atoms with Gasteiger partial charge in [0.15, 0.2) is 5.82 Å². The molecule has 0 bridgehead atoms.